The summed E-state index contributed by atoms with van der Waals surface area (Å²) in [5.74, 6) is -0.429. The fourth-order valence-electron chi connectivity index (χ4n) is 3.46. The Labute approximate surface area is 143 Å². The van der Waals surface area contributed by atoms with Crippen molar-refractivity contribution in [1.82, 2.24) is 15.1 Å². The summed E-state index contributed by atoms with van der Waals surface area (Å²) in [7, 11) is 0. The van der Waals surface area contributed by atoms with Gasteiger partial charge in [0.05, 0.1) is 12.1 Å². The smallest absolute Gasteiger partial charge is 0.287 e. The summed E-state index contributed by atoms with van der Waals surface area (Å²) in [4.78, 5) is 12.4. The van der Waals surface area contributed by atoms with Crippen LogP contribution in [0.5, 0.6) is 0 Å². The van der Waals surface area contributed by atoms with E-state index in [1.807, 2.05) is 16.9 Å². The first-order valence-electron chi connectivity index (χ1n) is 8.24. The molecule has 1 saturated carbocycles. The van der Waals surface area contributed by atoms with Crippen LogP contribution in [0.2, 0.25) is 0 Å². The van der Waals surface area contributed by atoms with Crippen molar-refractivity contribution in [3.8, 4) is 0 Å². The first-order valence-corrected chi connectivity index (χ1v) is 8.24. The molecule has 1 unspecified atom stereocenters. The molecule has 25 heavy (non-hydrogen) atoms. The molecule has 130 valence electrons. The lowest BCUT2D eigenvalue weighted by Gasteiger charge is -2.15. The number of nitrogens with one attached hydrogen (secondary N) is 1. The summed E-state index contributed by atoms with van der Waals surface area (Å²) in [6, 6.07) is 7.13. The van der Waals surface area contributed by atoms with E-state index in [1.54, 1.807) is 6.20 Å². The molecule has 2 N–H and O–H groups in total. The predicted octanol–water partition coefficient (Wildman–Crippen LogP) is 2.34. The lowest BCUT2D eigenvalue weighted by atomic mass is 10.1. The number of amides is 1. The number of aliphatic hydroxyl groups excluding tert-OH is 1. The number of rotatable bonds is 4. The molecule has 2 heterocycles. The second kappa shape index (κ2) is 6.33. The van der Waals surface area contributed by atoms with Gasteiger partial charge in [0.25, 0.3) is 5.91 Å². The molecule has 1 aliphatic rings. The number of hydrogen-bond donors (Lipinski definition) is 2. The van der Waals surface area contributed by atoms with E-state index in [2.05, 4.69) is 10.4 Å². The average molecular weight is 343 g/mol. The van der Waals surface area contributed by atoms with Crippen LogP contribution in [-0.4, -0.2) is 32.9 Å². The third-order valence-corrected chi connectivity index (χ3v) is 4.65. The van der Waals surface area contributed by atoms with Crippen LogP contribution in [0, 0.1) is 11.7 Å². The van der Waals surface area contributed by atoms with Gasteiger partial charge in [0.2, 0.25) is 0 Å². The molecule has 3 aromatic rings. The Kier molecular flexibility index (Phi) is 4.01. The number of nitrogens with zero attached hydrogens (tertiary/aromatic N) is 2. The molecular weight excluding hydrogens is 325 g/mol. The van der Waals surface area contributed by atoms with Crippen LogP contribution < -0.4 is 5.32 Å². The first-order chi connectivity index (χ1) is 12.1. The van der Waals surface area contributed by atoms with Gasteiger partial charge in [0, 0.05) is 24.3 Å². The van der Waals surface area contributed by atoms with Crippen molar-refractivity contribution in [3.05, 3.63) is 54.3 Å². The molecule has 1 fully saturated rings. The van der Waals surface area contributed by atoms with E-state index in [9.17, 15) is 14.3 Å². The molecule has 2 aromatic heterocycles. The monoisotopic (exact) mass is 343 g/mol. The van der Waals surface area contributed by atoms with Crippen molar-refractivity contribution in [1.29, 1.82) is 0 Å². The number of carbonyl (C=O) groups is 1. The average Bonchev–Trinajstić information content (AvgIpc) is 3.28. The molecule has 0 saturated heterocycles. The zero-order chi connectivity index (χ0) is 17.4. The number of carbonyl (C=O) groups excluding carboxylic acids is 1. The van der Waals surface area contributed by atoms with Crippen molar-refractivity contribution in [3.63, 3.8) is 0 Å². The second-order valence-electron chi connectivity index (χ2n) is 6.51. The summed E-state index contributed by atoms with van der Waals surface area (Å²) in [5, 5.41) is 17.8. The molecule has 0 aliphatic heterocycles. The normalized spacial score (nSPS) is 23.2. The quantitative estimate of drug-likeness (QED) is 0.762. The lowest BCUT2D eigenvalue weighted by Crippen LogP contribution is -2.39. The molecule has 7 heteroatoms. The third-order valence-electron chi connectivity index (χ3n) is 4.65. The Bertz CT molecular complexity index is 890. The van der Waals surface area contributed by atoms with Crippen LogP contribution in [0.3, 0.4) is 0 Å². The van der Waals surface area contributed by atoms with E-state index in [4.69, 9.17) is 4.42 Å². The van der Waals surface area contributed by atoms with Crippen LogP contribution in [0.15, 0.2) is 47.1 Å². The maximum Gasteiger partial charge on any atom is 0.287 e. The Morgan fingerprint density at radius 1 is 1.40 bits per heavy atom. The van der Waals surface area contributed by atoms with Crippen LogP contribution in [0.1, 0.15) is 23.4 Å². The standard InChI is InChI=1S/C18H18FN3O3/c19-13-2-3-16-12(8-13)9-17(25-16)18(24)21-14-6-11(7-15(14)23)10-22-5-1-4-20-22/h1-5,8-9,11,14-15,23H,6-7,10H2,(H,21,24)/t11?,14-,15-/m1/s1. The highest BCUT2D eigenvalue weighted by Gasteiger charge is 2.34. The molecule has 4 rings (SSSR count). The van der Waals surface area contributed by atoms with Gasteiger partial charge in [-0.15, -0.1) is 0 Å². The van der Waals surface area contributed by atoms with Gasteiger partial charge in [-0.25, -0.2) is 4.39 Å². The molecule has 6 nitrogen and oxygen atoms in total. The van der Waals surface area contributed by atoms with E-state index in [-0.39, 0.29) is 23.5 Å². The summed E-state index contributed by atoms with van der Waals surface area (Å²) in [5.41, 5.74) is 0.454. The molecule has 0 spiro atoms. The van der Waals surface area contributed by atoms with Crippen molar-refractivity contribution < 1.29 is 18.7 Å². The zero-order valence-corrected chi connectivity index (χ0v) is 13.4. The highest BCUT2D eigenvalue weighted by atomic mass is 19.1. The van der Waals surface area contributed by atoms with Gasteiger partial charge in [0.1, 0.15) is 11.4 Å². The molecular formula is C18H18FN3O3. The Balaban J connectivity index is 1.42. The maximum absolute atomic E-state index is 13.2. The Morgan fingerprint density at radius 2 is 2.28 bits per heavy atom. The lowest BCUT2D eigenvalue weighted by molar-refractivity contribution is 0.0848. The van der Waals surface area contributed by atoms with Crippen molar-refractivity contribution in [2.45, 2.75) is 31.5 Å². The summed E-state index contributed by atoms with van der Waals surface area (Å²) < 4.78 is 20.5. The highest BCUT2D eigenvalue weighted by Crippen LogP contribution is 2.28. The van der Waals surface area contributed by atoms with E-state index < -0.39 is 12.0 Å². The SMILES string of the molecule is O=C(N[C@@H]1CC(Cn2cccn2)C[C@H]1O)c1cc2cc(F)ccc2o1. The van der Waals surface area contributed by atoms with E-state index in [0.717, 1.165) is 0 Å². The number of halogens is 1. The highest BCUT2D eigenvalue weighted by molar-refractivity contribution is 5.96. The van der Waals surface area contributed by atoms with Crippen molar-refractivity contribution >= 4 is 16.9 Å². The number of fused-ring (bicyclic) bond motifs is 1. The van der Waals surface area contributed by atoms with E-state index in [0.29, 0.717) is 30.4 Å². The fourth-order valence-corrected chi connectivity index (χ4v) is 3.46. The van der Waals surface area contributed by atoms with Crippen LogP contribution in [-0.2, 0) is 6.54 Å². The third kappa shape index (κ3) is 3.28. The van der Waals surface area contributed by atoms with Gasteiger partial charge in [-0.3, -0.25) is 9.48 Å². The van der Waals surface area contributed by atoms with E-state index >= 15 is 0 Å². The fraction of sp³-hybridized carbons (Fsp3) is 0.333. The van der Waals surface area contributed by atoms with Crippen LogP contribution >= 0.6 is 0 Å². The topological polar surface area (TPSA) is 80.3 Å². The molecule has 1 aliphatic carbocycles. The van der Waals surface area contributed by atoms with Crippen molar-refractivity contribution in [2.24, 2.45) is 5.92 Å². The molecule has 0 bridgehead atoms. The number of furan rings is 1. The van der Waals surface area contributed by atoms with E-state index in [1.165, 1.54) is 24.3 Å². The zero-order valence-electron chi connectivity index (χ0n) is 13.4. The van der Waals surface area contributed by atoms with Gasteiger partial charge < -0.3 is 14.8 Å². The molecule has 1 amide bonds. The largest absolute Gasteiger partial charge is 0.451 e. The Hall–Kier alpha value is -2.67. The molecule has 3 atom stereocenters. The number of aliphatic hydroxyl groups is 1. The minimum Gasteiger partial charge on any atom is -0.451 e. The summed E-state index contributed by atoms with van der Waals surface area (Å²) in [6.45, 7) is 0.709. The van der Waals surface area contributed by atoms with Crippen LogP contribution in [0.4, 0.5) is 4.39 Å². The summed E-state index contributed by atoms with van der Waals surface area (Å²) in [6.07, 6.45) is 4.27. The van der Waals surface area contributed by atoms with Gasteiger partial charge in [0.15, 0.2) is 5.76 Å². The van der Waals surface area contributed by atoms with Gasteiger partial charge in [-0.05, 0) is 49.1 Å². The minimum absolute atomic E-state index is 0.114. The first kappa shape index (κ1) is 15.8. The predicted molar refractivity (Wildman–Crippen MR) is 88.4 cm³/mol. The molecule has 0 radical (unpaired) electrons. The maximum atomic E-state index is 13.2. The number of benzene rings is 1. The number of aromatic nitrogens is 2. The Morgan fingerprint density at radius 3 is 3.08 bits per heavy atom. The van der Waals surface area contributed by atoms with Gasteiger partial charge in [-0.1, -0.05) is 0 Å². The van der Waals surface area contributed by atoms with Gasteiger partial charge in [-0.2, -0.15) is 5.10 Å². The molecule has 1 aromatic carbocycles. The second-order valence-corrected chi connectivity index (χ2v) is 6.51. The van der Waals surface area contributed by atoms with Gasteiger partial charge >= 0.3 is 0 Å². The summed E-state index contributed by atoms with van der Waals surface area (Å²) >= 11 is 0. The number of hydrogen-bond acceptors (Lipinski definition) is 4. The van der Waals surface area contributed by atoms with Crippen LogP contribution in [0.25, 0.3) is 11.0 Å². The minimum atomic E-state index is -0.605. The van der Waals surface area contributed by atoms with Crippen molar-refractivity contribution in [2.75, 3.05) is 0 Å².